The van der Waals surface area contributed by atoms with E-state index in [0.29, 0.717) is 5.92 Å². The molecule has 0 aromatic rings. The fourth-order valence-electron chi connectivity index (χ4n) is 2.31. The standard InChI is InChI=1S/C16H30O/c1-6-9-10-11-12-13-14-15(4)16(7-2,8-3)17-5/h7-8,15H,2-3,6,9-14H2,1,4-5H3. The minimum absolute atomic E-state index is 0.344. The Hall–Kier alpha value is -0.560. The second-order valence-corrected chi connectivity index (χ2v) is 4.92. The highest BCUT2D eigenvalue weighted by Gasteiger charge is 2.28. The lowest BCUT2D eigenvalue weighted by Gasteiger charge is -2.32. The van der Waals surface area contributed by atoms with Gasteiger partial charge in [-0.2, -0.15) is 0 Å². The van der Waals surface area contributed by atoms with Crippen LogP contribution in [0.5, 0.6) is 0 Å². The average molecular weight is 238 g/mol. The summed E-state index contributed by atoms with van der Waals surface area (Å²) in [5, 5.41) is 0. The Kier molecular flexibility index (Phi) is 9.16. The van der Waals surface area contributed by atoms with Gasteiger partial charge in [-0.05, 0) is 12.3 Å². The summed E-state index contributed by atoms with van der Waals surface area (Å²) in [5.41, 5.74) is -0.344. The van der Waals surface area contributed by atoms with Crippen LogP contribution in [0.15, 0.2) is 25.3 Å². The summed E-state index contributed by atoms with van der Waals surface area (Å²) in [4.78, 5) is 0. The first-order valence-electron chi connectivity index (χ1n) is 6.99. The van der Waals surface area contributed by atoms with Crippen molar-refractivity contribution in [1.29, 1.82) is 0 Å². The lowest BCUT2D eigenvalue weighted by molar-refractivity contribution is 0.0255. The van der Waals surface area contributed by atoms with Gasteiger partial charge in [0.1, 0.15) is 5.60 Å². The molecule has 0 N–H and O–H groups in total. The minimum Gasteiger partial charge on any atom is -0.370 e. The van der Waals surface area contributed by atoms with Crippen molar-refractivity contribution in [3.63, 3.8) is 0 Å². The summed E-state index contributed by atoms with van der Waals surface area (Å²) in [6.07, 6.45) is 13.0. The van der Waals surface area contributed by atoms with Gasteiger partial charge in [-0.1, -0.05) is 77.7 Å². The summed E-state index contributed by atoms with van der Waals surface area (Å²) in [6, 6.07) is 0. The molecule has 0 aliphatic carbocycles. The Bertz CT molecular complexity index is 200. The van der Waals surface area contributed by atoms with Crippen molar-refractivity contribution in [2.75, 3.05) is 7.11 Å². The van der Waals surface area contributed by atoms with E-state index in [1.807, 2.05) is 12.2 Å². The van der Waals surface area contributed by atoms with E-state index in [1.54, 1.807) is 7.11 Å². The van der Waals surface area contributed by atoms with Crippen LogP contribution in [0.3, 0.4) is 0 Å². The molecular formula is C16H30O. The molecule has 0 bridgehead atoms. The van der Waals surface area contributed by atoms with Crippen LogP contribution in [0.25, 0.3) is 0 Å². The van der Waals surface area contributed by atoms with Gasteiger partial charge in [0.25, 0.3) is 0 Å². The molecule has 100 valence electrons. The largest absolute Gasteiger partial charge is 0.370 e. The summed E-state index contributed by atoms with van der Waals surface area (Å²) in [5.74, 6) is 0.452. The van der Waals surface area contributed by atoms with Crippen LogP contribution in [-0.4, -0.2) is 12.7 Å². The van der Waals surface area contributed by atoms with Crippen LogP contribution in [-0.2, 0) is 4.74 Å². The predicted octanol–water partition coefficient (Wildman–Crippen LogP) is 5.13. The van der Waals surface area contributed by atoms with E-state index in [9.17, 15) is 0 Å². The van der Waals surface area contributed by atoms with Crippen molar-refractivity contribution >= 4 is 0 Å². The maximum absolute atomic E-state index is 5.56. The molecule has 0 rings (SSSR count). The fraction of sp³-hybridized carbons (Fsp3) is 0.750. The molecule has 1 atom stereocenters. The van der Waals surface area contributed by atoms with Crippen LogP contribution in [0.4, 0.5) is 0 Å². The lowest BCUT2D eigenvalue weighted by Crippen LogP contribution is -2.33. The zero-order valence-corrected chi connectivity index (χ0v) is 12.0. The van der Waals surface area contributed by atoms with Crippen LogP contribution < -0.4 is 0 Å². The van der Waals surface area contributed by atoms with Crippen LogP contribution in [0.1, 0.15) is 58.8 Å². The van der Waals surface area contributed by atoms with Crippen molar-refractivity contribution in [1.82, 2.24) is 0 Å². The smallest absolute Gasteiger partial charge is 0.106 e. The summed E-state index contributed by atoms with van der Waals surface area (Å²) in [7, 11) is 1.74. The van der Waals surface area contributed by atoms with E-state index in [-0.39, 0.29) is 5.60 Å². The van der Waals surface area contributed by atoms with E-state index in [0.717, 1.165) is 0 Å². The minimum atomic E-state index is -0.344. The maximum atomic E-state index is 5.56. The summed E-state index contributed by atoms with van der Waals surface area (Å²) < 4.78 is 5.56. The molecule has 0 aliphatic rings. The molecule has 0 fully saturated rings. The van der Waals surface area contributed by atoms with Crippen molar-refractivity contribution in [2.24, 2.45) is 5.92 Å². The molecule has 0 aromatic heterocycles. The van der Waals surface area contributed by atoms with Crippen molar-refractivity contribution < 1.29 is 4.74 Å². The second-order valence-electron chi connectivity index (χ2n) is 4.92. The van der Waals surface area contributed by atoms with Crippen LogP contribution >= 0.6 is 0 Å². The van der Waals surface area contributed by atoms with E-state index in [4.69, 9.17) is 4.74 Å². The number of methoxy groups -OCH3 is 1. The number of hydrogen-bond donors (Lipinski definition) is 0. The molecule has 0 aliphatic heterocycles. The average Bonchev–Trinajstić information content (AvgIpc) is 2.36. The first-order chi connectivity index (χ1) is 8.16. The SMILES string of the molecule is C=CC(C=C)(OC)C(C)CCCCCCCC. The Morgan fingerprint density at radius 3 is 2.06 bits per heavy atom. The zero-order valence-electron chi connectivity index (χ0n) is 12.0. The Balaban J connectivity index is 3.87. The Morgan fingerprint density at radius 2 is 1.59 bits per heavy atom. The number of hydrogen-bond acceptors (Lipinski definition) is 1. The van der Waals surface area contributed by atoms with Crippen molar-refractivity contribution in [2.45, 2.75) is 64.4 Å². The summed E-state index contributed by atoms with van der Waals surface area (Å²) >= 11 is 0. The molecule has 0 saturated carbocycles. The van der Waals surface area contributed by atoms with Crippen molar-refractivity contribution in [3.8, 4) is 0 Å². The lowest BCUT2D eigenvalue weighted by atomic mass is 9.84. The van der Waals surface area contributed by atoms with Gasteiger partial charge >= 0.3 is 0 Å². The molecule has 0 heterocycles. The first-order valence-corrected chi connectivity index (χ1v) is 6.99. The zero-order chi connectivity index (χ0) is 13.1. The van der Waals surface area contributed by atoms with Gasteiger partial charge in [0.05, 0.1) is 0 Å². The molecule has 0 amide bonds. The number of ether oxygens (including phenoxy) is 1. The highest BCUT2D eigenvalue weighted by atomic mass is 16.5. The molecule has 17 heavy (non-hydrogen) atoms. The van der Waals surface area contributed by atoms with E-state index in [2.05, 4.69) is 27.0 Å². The van der Waals surface area contributed by atoms with E-state index < -0.39 is 0 Å². The second kappa shape index (κ2) is 9.47. The van der Waals surface area contributed by atoms with E-state index >= 15 is 0 Å². The third kappa shape index (κ3) is 5.54. The quantitative estimate of drug-likeness (QED) is 0.358. The molecule has 0 saturated heterocycles. The maximum Gasteiger partial charge on any atom is 0.106 e. The Labute approximate surface area is 108 Å². The van der Waals surface area contributed by atoms with Crippen LogP contribution in [0.2, 0.25) is 0 Å². The van der Waals surface area contributed by atoms with Gasteiger partial charge in [-0.25, -0.2) is 0 Å². The molecule has 1 heteroatoms. The highest BCUT2D eigenvalue weighted by Crippen LogP contribution is 2.28. The molecular weight excluding hydrogens is 208 g/mol. The van der Waals surface area contributed by atoms with Gasteiger partial charge in [0.2, 0.25) is 0 Å². The Morgan fingerprint density at radius 1 is 1.06 bits per heavy atom. The third-order valence-corrected chi connectivity index (χ3v) is 3.75. The number of unbranched alkanes of at least 4 members (excludes halogenated alkanes) is 5. The molecule has 0 aromatic carbocycles. The normalized spacial score (nSPS) is 13.4. The van der Waals surface area contributed by atoms with Gasteiger partial charge in [0, 0.05) is 7.11 Å². The monoisotopic (exact) mass is 238 g/mol. The van der Waals surface area contributed by atoms with Crippen molar-refractivity contribution in [3.05, 3.63) is 25.3 Å². The molecule has 1 unspecified atom stereocenters. The van der Waals surface area contributed by atoms with Gasteiger partial charge < -0.3 is 4.74 Å². The molecule has 0 radical (unpaired) electrons. The first kappa shape index (κ1) is 16.4. The predicted molar refractivity (Wildman–Crippen MR) is 77.3 cm³/mol. The van der Waals surface area contributed by atoms with E-state index in [1.165, 1.54) is 44.9 Å². The molecule has 0 spiro atoms. The van der Waals surface area contributed by atoms with Gasteiger partial charge in [-0.3, -0.25) is 0 Å². The fourth-order valence-corrected chi connectivity index (χ4v) is 2.31. The molecule has 1 nitrogen and oxygen atoms in total. The topological polar surface area (TPSA) is 9.23 Å². The van der Waals surface area contributed by atoms with Gasteiger partial charge in [0.15, 0.2) is 0 Å². The van der Waals surface area contributed by atoms with Gasteiger partial charge in [-0.15, -0.1) is 0 Å². The highest BCUT2D eigenvalue weighted by molar-refractivity contribution is 5.12. The number of rotatable bonds is 11. The summed E-state index contributed by atoms with van der Waals surface area (Å²) in [6.45, 7) is 12.2. The third-order valence-electron chi connectivity index (χ3n) is 3.75. The van der Waals surface area contributed by atoms with Crippen LogP contribution in [0, 0.1) is 5.92 Å².